The highest BCUT2D eigenvalue weighted by Crippen LogP contribution is 2.30. The quantitative estimate of drug-likeness (QED) is 0.843. The van der Waals surface area contributed by atoms with Gasteiger partial charge < -0.3 is 5.32 Å². The molecule has 20 heavy (non-hydrogen) atoms. The van der Waals surface area contributed by atoms with Crippen LogP contribution in [0.2, 0.25) is 10.0 Å². The highest BCUT2D eigenvalue weighted by atomic mass is 35.5. The Bertz CT molecular complexity index is 593. The number of aryl methyl sites for hydroxylation is 1. The second kappa shape index (κ2) is 6.57. The third-order valence-electron chi connectivity index (χ3n) is 3.44. The zero-order chi connectivity index (χ0) is 14.7. The van der Waals surface area contributed by atoms with Crippen LogP contribution in [0, 0.1) is 12.7 Å². The summed E-state index contributed by atoms with van der Waals surface area (Å²) in [5.74, 6) is -0.240. The molecule has 0 spiro atoms. The van der Waals surface area contributed by atoms with Gasteiger partial charge in [0.1, 0.15) is 5.82 Å². The minimum absolute atomic E-state index is 0.0388. The minimum atomic E-state index is -0.240. The minimum Gasteiger partial charge on any atom is -0.313 e. The first-order valence-electron chi connectivity index (χ1n) is 6.39. The molecule has 0 aliphatic heterocycles. The number of hydrogen-bond donors (Lipinski definition) is 1. The summed E-state index contributed by atoms with van der Waals surface area (Å²) in [5.41, 5.74) is 2.83. The predicted octanol–water partition coefficient (Wildman–Crippen LogP) is 4.94. The van der Waals surface area contributed by atoms with E-state index < -0.39 is 0 Å². The molecule has 1 atom stereocenters. The van der Waals surface area contributed by atoms with E-state index in [-0.39, 0.29) is 11.9 Å². The van der Waals surface area contributed by atoms with Gasteiger partial charge in [-0.3, -0.25) is 0 Å². The molecule has 0 saturated heterocycles. The summed E-state index contributed by atoms with van der Waals surface area (Å²) in [6, 6.07) is 10.2. The van der Waals surface area contributed by atoms with E-state index in [1.165, 1.54) is 6.07 Å². The van der Waals surface area contributed by atoms with Crippen molar-refractivity contribution in [2.45, 2.75) is 19.4 Å². The van der Waals surface area contributed by atoms with Crippen LogP contribution in [-0.4, -0.2) is 7.05 Å². The Kier molecular flexibility index (Phi) is 5.03. The Labute approximate surface area is 128 Å². The van der Waals surface area contributed by atoms with Gasteiger partial charge in [-0.15, -0.1) is 0 Å². The van der Waals surface area contributed by atoms with E-state index in [4.69, 9.17) is 23.2 Å². The van der Waals surface area contributed by atoms with Gasteiger partial charge in [-0.05, 0) is 61.3 Å². The maximum absolute atomic E-state index is 13.5. The summed E-state index contributed by atoms with van der Waals surface area (Å²) in [6.07, 6.45) is 0.610. The van der Waals surface area contributed by atoms with Crippen LogP contribution in [0.1, 0.15) is 22.7 Å². The van der Waals surface area contributed by atoms with Crippen LogP contribution < -0.4 is 5.32 Å². The lowest BCUT2D eigenvalue weighted by molar-refractivity contribution is 0.574. The third-order valence-corrected chi connectivity index (χ3v) is 4.14. The van der Waals surface area contributed by atoms with Gasteiger partial charge in [-0.2, -0.15) is 0 Å². The average Bonchev–Trinajstić information content (AvgIpc) is 2.42. The first-order valence-corrected chi connectivity index (χ1v) is 7.14. The second-order valence-electron chi connectivity index (χ2n) is 4.75. The maximum atomic E-state index is 13.5. The van der Waals surface area contributed by atoms with E-state index in [0.29, 0.717) is 16.5 Å². The SMILES string of the molecule is CNC(Cc1c(Cl)cccc1Cl)c1cc(F)ccc1C. The fourth-order valence-corrected chi connectivity index (χ4v) is 2.84. The summed E-state index contributed by atoms with van der Waals surface area (Å²) in [4.78, 5) is 0. The molecule has 106 valence electrons. The molecule has 1 N–H and O–H groups in total. The van der Waals surface area contributed by atoms with Crippen LogP contribution in [0.3, 0.4) is 0 Å². The number of rotatable bonds is 4. The zero-order valence-electron chi connectivity index (χ0n) is 11.4. The number of nitrogens with one attached hydrogen (secondary N) is 1. The molecule has 0 radical (unpaired) electrons. The highest BCUT2D eigenvalue weighted by Gasteiger charge is 2.16. The van der Waals surface area contributed by atoms with Crippen LogP contribution in [0.4, 0.5) is 4.39 Å². The lowest BCUT2D eigenvalue weighted by Gasteiger charge is -2.20. The third kappa shape index (κ3) is 3.32. The zero-order valence-corrected chi connectivity index (χ0v) is 12.9. The summed E-state index contributed by atoms with van der Waals surface area (Å²) in [5, 5.41) is 4.47. The molecule has 0 bridgehead atoms. The van der Waals surface area contributed by atoms with Gasteiger partial charge in [-0.1, -0.05) is 35.3 Å². The van der Waals surface area contributed by atoms with Crippen molar-refractivity contribution in [1.82, 2.24) is 5.32 Å². The van der Waals surface area contributed by atoms with Crippen LogP contribution in [0.25, 0.3) is 0 Å². The van der Waals surface area contributed by atoms with E-state index in [1.54, 1.807) is 12.1 Å². The number of likely N-dealkylation sites (N-methyl/N-ethyl adjacent to an activating group) is 1. The predicted molar refractivity (Wildman–Crippen MR) is 83.1 cm³/mol. The molecular formula is C16H16Cl2FN. The summed E-state index contributed by atoms with van der Waals surface area (Å²) >= 11 is 12.4. The van der Waals surface area contributed by atoms with Gasteiger partial charge >= 0.3 is 0 Å². The molecule has 2 aromatic rings. The largest absolute Gasteiger partial charge is 0.313 e. The lowest BCUT2D eigenvalue weighted by Crippen LogP contribution is -2.20. The van der Waals surface area contributed by atoms with Crippen LogP contribution in [0.5, 0.6) is 0 Å². The first kappa shape index (κ1) is 15.3. The van der Waals surface area contributed by atoms with Gasteiger partial charge in [-0.25, -0.2) is 4.39 Å². The Hall–Kier alpha value is -1.09. The lowest BCUT2D eigenvalue weighted by atomic mass is 9.95. The fourth-order valence-electron chi connectivity index (χ4n) is 2.29. The standard InChI is InChI=1S/C16H16Cl2FN/c1-10-6-7-11(19)8-12(10)16(20-2)9-13-14(17)4-3-5-15(13)18/h3-8,16,20H,9H2,1-2H3. The van der Waals surface area contributed by atoms with Crippen molar-refractivity contribution in [2.24, 2.45) is 0 Å². The Balaban J connectivity index is 2.36. The van der Waals surface area contributed by atoms with Gasteiger partial charge in [0, 0.05) is 16.1 Å². The number of hydrogen-bond acceptors (Lipinski definition) is 1. The van der Waals surface area contributed by atoms with Crippen molar-refractivity contribution in [2.75, 3.05) is 7.05 Å². The molecule has 0 amide bonds. The maximum Gasteiger partial charge on any atom is 0.123 e. The van der Waals surface area contributed by atoms with E-state index >= 15 is 0 Å². The fraction of sp³-hybridized carbons (Fsp3) is 0.250. The van der Waals surface area contributed by atoms with Crippen molar-refractivity contribution >= 4 is 23.2 Å². The van der Waals surface area contributed by atoms with Crippen LogP contribution in [0.15, 0.2) is 36.4 Å². The summed E-state index contributed by atoms with van der Waals surface area (Å²) in [6.45, 7) is 1.97. The van der Waals surface area contributed by atoms with Crippen LogP contribution >= 0.6 is 23.2 Å². The van der Waals surface area contributed by atoms with Crippen LogP contribution in [-0.2, 0) is 6.42 Å². The molecule has 0 saturated carbocycles. The molecule has 1 unspecified atom stereocenters. The van der Waals surface area contributed by atoms with Crippen molar-refractivity contribution in [3.05, 3.63) is 69.0 Å². The first-order chi connectivity index (χ1) is 9.52. The second-order valence-corrected chi connectivity index (χ2v) is 5.56. The van der Waals surface area contributed by atoms with Crippen molar-refractivity contribution in [1.29, 1.82) is 0 Å². The Morgan fingerprint density at radius 3 is 2.40 bits per heavy atom. The summed E-state index contributed by atoms with van der Waals surface area (Å²) < 4.78 is 13.5. The van der Waals surface area contributed by atoms with Gasteiger partial charge in [0.25, 0.3) is 0 Å². The molecule has 0 aliphatic rings. The monoisotopic (exact) mass is 311 g/mol. The van der Waals surface area contributed by atoms with E-state index in [2.05, 4.69) is 5.32 Å². The normalized spacial score (nSPS) is 12.4. The highest BCUT2D eigenvalue weighted by molar-refractivity contribution is 6.36. The molecule has 0 fully saturated rings. The van der Waals surface area contributed by atoms with Gasteiger partial charge in [0.15, 0.2) is 0 Å². The van der Waals surface area contributed by atoms with Crippen molar-refractivity contribution in [3.8, 4) is 0 Å². The van der Waals surface area contributed by atoms with Crippen molar-refractivity contribution in [3.63, 3.8) is 0 Å². The molecule has 2 rings (SSSR count). The Morgan fingerprint density at radius 1 is 1.15 bits per heavy atom. The molecule has 1 nitrogen and oxygen atoms in total. The molecule has 0 aliphatic carbocycles. The molecule has 4 heteroatoms. The number of benzene rings is 2. The Morgan fingerprint density at radius 2 is 1.80 bits per heavy atom. The summed E-state index contributed by atoms with van der Waals surface area (Å²) in [7, 11) is 1.85. The average molecular weight is 312 g/mol. The number of halogens is 3. The van der Waals surface area contributed by atoms with Crippen molar-refractivity contribution < 1.29 is 4.39 Å². The molecule has 0 heterocycles. The smallest absolute Gasteiger partial charge is 0.123 e. The topological polar surface area (TPSA) is 12.0 Å². The van der Waals surface area contributed by atoms with E-state index in [1.807, 2.05) is 32.2 Å². The molecule has 0 aromatic heterocycles. The van der Waals surface area contributed by atoms with Gasteiger partial charge in [0.2, 0.25) is 0 Å². The van der Waals surface area contributed by atoms with E-state index in [9.17, 15) is 4.39 Å². The van der Waals surface area contributed by atoms with E-state index in [0.717, 1.165) is 16.7 Å². The van der Waals surface area contributed by atoms with Gasteiger partial charge in [0.05, 0.1) is 0 Å². The molecule has 2 aromatic carbocycles. The molecular weight excluding hydrogens is 296 g/mol.